The fourth-order valence-electron chi connectivity index (χ4n) is 2.92. The third-order valence-corrected chi connectivity index (χ3v) is 4.59. The van der Waals surface area contributed by atoms with E-state index in [9.17, 15) is 4.79 Å². The highest BCUT2D eigenvalue weighted by atomic mass is 35.5. The van der Waals surface area contributed by atoms with Gasteiger partial charge in [0.1, 0.15) is 0 Å². The van der Waals surface area contributed by atoms with Gasteiger partial charge < -0.3 is 10.4 Å². The Hall–Kier alpha value is -1.06. The van der Waals surface area contributed by atoms with Crippen LogP contribution in [0.25, 0.3) is 0 Å². The number of aliphatic carboxylic acids is 1. The van der Waals surface area contributed by atoms with Crippen molar-refractivity contribution < 1.29 is 9.90 Å². The molecule has 0 aromatic heterocycles. The van der Waals surface area contributed by atoms with Gasteiger partial charge in [-0.1, -0.05) is 30.7 Å². The van der Waals surface area contributed by atoms with Crippen LogP contribution in [0.15, 0.2) is 18.2 Å². The van der Waals surface area contributed by atoms with E-state index in [0.29, 0.717) is 6.04 Å². The Morgan fingerprint density at radius 2 is 2.05 bits per heavy atom. The van der Waals surface area contributed by atoms with Crippen molar-refractivity contribution in [1.29, 1.82) is 0 Å². The summed E-state index contributed by atoms with van der Waals surface area (Å²) in [5, 5.41) is 13.4. The Morgan fingerprint density at radius 1 is 1.35 bits per heavy atom. The summed E-state index contributed by atoms with van der Waals surface area (Å²) in [5.41, 5.74) is 2.46. The Labute approximate surface area is 125 Å². The van der Waals surface area contributed by atoms with Gasteiger partial charge in [0.25, 0.3) is 0 Å². The number of aryl methyl sites for hydroxylation is 1. The minimum absolute atomic E-state index is 0.153. The molecule has 1 aliphatic rings. The Bertz CT molecular complexity index is 468. The first kappa shape index (κ1) is 15.3. The molecule has 0 aliphatic heterocycles. The zero-order chi connectivity index (χ0) is 14.5. The molecular formula is C16H22ClNO2. The van der Waals surface area contributed by atoms with Crippen LogP contribution < -0.4 is 5.32 Å². The molecule has 0 atom stereocenters. The molecule has 0 radical (unpaired) electrons. The van der Waals surface area contributed by atoms with E-state index in [2.05, 4.69) is 18.3 Å². The lowest BCUT2D eigenvalue weighted by molar-refractivity contribution is -0.142. The topological polar surface area (TPSA) is 49.3 Å². The van der Waals surface area contributed by atoms with Crippen molar-refractivity contribution in [1.82, 2.24) is 5.32 Å². The average molecular weight is 296 g/mol. The van der Waals surface area contributed by atoms with E-state index in [4.69, 9.17) is 16.7 Å². The summed E-state index contributed by atoms with van der Waals surface area (Å²) >= 11 is 6.27. The van der Waals surface area contributed by atoms with Crippen LogP contribution in [0.2, 0.25) is 5.02 Å². The van der Waals surface area contributed by atoms with Crippen molar-refractivity contribution in [2.75, 3.05) is 0 Å². The maximum absolute atomic E-state index is 10.9. The van der Waals surface area contributed by atoms with E-state index < -0.39 is 5.97 Å². The van der Waals surface area contributed by atoms with Crippen LogP contribution in [0.3, 0.4) is 0 Å². The summed E-state index contributed by atoms with van der Waals surface area (Å²) in [6.07, 6.45) is 4.39. The Morgan fingerprint density at radius 3 is 2.65 bits per heavy atom. The van der Waals surface area contributed by atoms with Crippen molar-refractivity contribution in [3.8, 4) is 0 Å². The summed E-state index contributed by atoms with van der Waals surface area (Å²) in [5.74, 6) is -0.803. The van der Waals surface area contributed by atoms with E-state index in [1.54, 1.807) is 0 Å². The van der Waals surface area contributed by atoms with Gasteiger partial charge in [-0.2, -0.15) is 0 Å². The van der Waals surface area contributed by atoms with Gasteiger partial charge in [-0.05, 0) is 49.3 Å². The van der Waals surface area contributed by atoms with Crippen molar-refractivity contribution in [3.05, 3.63) is 34.3 Å². The first-order valence-corrected chi connectivity index (χ1v) is 7.72. The van der Waals surface area contributed by atoms with Crippen LogP contribution in [-0.4, -0.2) is 17.1 Å². The van der Waals surface area contributed by atoms with Crippen LogP contribution in [-0.2, 0) is 17.8 Å². The molecular weight excluding hydrogens is 274 g/mol. The SMILES string of the molecule is CCc1cccc(Cl)c1CNC1CCC(C(=O)O)CC1. The molecule has 1 saturated carbocycles. The van der Waals surface area contributed by atoms with Gasteiger partial charge in [0.05, 0.1) is 5.92 Å². The molecule has 1 aromatic carbocycles. The van der Waals surface area contributed by atoms with Gasteiger partial charge in [0.15, 0.2) is 0 Å². The zero-order valence-electron chi connectivity index (χ0n) is 11.9. The molecule has 1 fully saturated rings. The number of hydrogen-bond donors (Lipinski definition) is 2. The molecule has 1 aromatic rings. The van der Waals surface area contributed by atoms with E-state index in [-0.39, 0.29) is 5.92 Å². The monoisotopic (exact) mass is 295 g/mol. The fourth-order valence-corrected chi connectivity index (χ4v) is 3.18. The van der Waals surface area contributed by atoms with Crippen LogP contribution in [0.5, 0.6) is 0 Å². The van der Waals surface area contributed by atoms with Crippen molar-refractivity contribution in [2.24, 2.45) is 5.92 Å². The Kier molecular flexibility index (Phi) is 5.44. The number of hydrogen-bond acceptors (Lipinski definition) is 2. The molecule has 0 bridgehead atoms. The molecule has 4 heteroatoms. The maximum Gasteiger partial charge on any atom is 0.306 e. The molecule has 2 rings (SSSR count). The molecule has 110 valence electrons. The molecule has 3 nitrogen and oxygen atoms in total. The van der Waals surface area contributed by atoms with Crippen molar-refractivity contribution >= 4 is 17.6 Å². The largest absolute Gasteiger partial charge is 0.481 e. The fraction of sp³-hybridized carbons (Fsp3) is 0.562. The maximum atomic E-state index is 10.9. The molecule has 0 spiro atoms. The third kappa shape index (κ3) is 3.74. The normalized spacial score (nSPS) is 22.7. The number of nitrogens with one attached hydrogen (secondary N) is 1. The van der Waals surface area contributed by atoms with Gasteiger partial charge in [0, 0.05) is 17.6 Å². The zero-order valence-corrected chi connectivity index (χ0v) is 12.6. The molecule has 0 heterocycles. The lowest BCUT2D eigenvalue weighted by Gasteiger charge is -2.27. The van der Waals surface area contributed by atoms with E-state index in [1.807, 2.05) is 12.1 Å². The van der Waals surface area contributed by atoms with Crippen molar-refractivity contribution in [2.45, 2.75) is 51.6 Å². The van der Waals surface area contributed by atoms with Crippen LogP contribution in [0.4, 0.5) is 0 Å². The molecule has 1 aliphatic carbocycles. The standard InChI is InChI=1S/C16H22ClNO2/c1-2-11-4-3-5-15(17)14(11)10-18-13-8-6-12(7-9-13)16(19)20/h3-5,12-13,18H,2,6-10H2,1H3,(H,19,20). The lowest BCUT2D eigenvalue weighted by atomic mass is 9.86. The first-order chi connectivity index (χ1) is 9.61. The molecule has 0 amide bonds. The van der Waals surface area contributed by atoms with Crippen LogP contribution in [0.1, 0.15) is 43.7 Å². The summed E-state index contributed by atoms with van der Waals surface area (Å²) in [4.78, 5) is 10.9. The highest BCUT2D eigenvalue weighted by Gasteiger charge is 2.25. The van der Waals surface area contributed by atoms with Gasteiger partial charge in [-0.3, -0.25) is 4.79 Å². The predicted molar refractivity (Wildman–Crippen MR) is 81.1 cm³/mol. The molecule has 0 saturated heterocycles. The minimum Gasteiger partial charge on any atom is -0.481 e. The third-order valence-electron chi connectivity index (χ3n) is 4.24. The number of benzene rings is 1. The van der Waals surface area contributed by atoms with E-state index in [0.717, 1.165) is 43.7 Å². The summed E-state index contributed by atoms with van der Waals surface area (Å²) in [6.45, 7) is 2.90. The number of rotatable bonds is 5. The van der Waals surface area contributed by atoms with Gasteiger partial charge in [0.2, 0.25) is 0 Å². The molecule has 2 N–H and O–H groups in total. The van der Waals surface area contributed by atoms with Gasteiger partial charge >= 0.3 is 5.97 Å². The van der Waals surface area contributed by atoms with Crippen LogP contribution >= 0.6 is 11.6 Å². The van der Waals surface area contributed by atoms with Gasteiger partial charge in [-0.25, -0.2) is 0 Å². The lowest BCUT2D eigenvalue weighted by Crippen LogP contribution is -2.34. The predicted octanol–water partition coefficient (Wildman–Crippen LogP) is 3.64. The van der Waals surface area contributed by atoms with Crippen molar-refractivity contribution in [3.63, 3.8) is 0 Å². The van der Waals surface area contributed by atoms with Crippen LogP contribution in [0, 0.1) is 5.92 Å². The number of halogens is 1. The highest BCUT2D eigenvalue weighted by molar-refractivity contribution is 6.31. The first-order valence-electron chi connectivity index (χ1n) is 7.34. The number of carboxylic acids is 1. The summed E-state index contributed by atoms with van der Waals surface area (Å²) < 4.78 is 0. The Balaban J connectivity index is 1.89. The van der Waals surface area contributed by atoms with E-state index in [1.165, 1.54) is 11.1 Å². The van der Waals surface area contributed by atoms with Gasteiger partial charge in [-0.15, -0.1) is 0 Å². The second kappa shape index (κ2) is 7.09. The quantitative estimate of drug-likeness (QED) is 0.872. The molecule has 20 heavy (non-hydrogen) atoms. The highest BCUT2D eigenvalue weighted by Crippen LogP contribution is 2.26. The van der Waals surface area contributed by atoms with E-state index >= 15 is 0 Å². The smallest absolute Gasteiger partial charge is 0.306 e. The number of carboxylic acid groups (broad SMARTS) is 1. The number of carbonyl (C=O) groups is 1. The minimum atomic E-state index is -0.650. The second-order valence-corrected chi connectivity index (χ2v) is 5.91. The summed E-state index contributed by atoms with van der Waals surface area (Å²) in [6, 6.07) is 6.44. The molecule has 0 unspecified atom stereocenters. The summed E-state index contributed by atoms with van der Waals surface area (Å²) in [7, 11) is 0. The second-order valence-electron chi connectivity index (χ2n) is 5.50. The average Bonchev–Trinajstić information content (AvgIpc) is 2.46.